The minimum absolute atomic E-state index is 0.0386. The van der Waals surface area contributed by atoms with E-state index in [1.165, 1.54) is 6.07 Å². The van der Waals surface area contributed by atoms with E-state index in [9.17, 15) is 0 Å². The third kappa shape index (κ3) is 3.16. The summed E-state index contributed by atoms with van der Waals surface area (Å²) in [6.07, 6.45) is 0.704. The average Bonchev–Trinajstić information content (AvgIpc) is 2.14. The van der Waals surface area contributed by atoms with Crippen LogP contribution in [0, 0.1) is 0 Å². The lowest BCUT2D eigenvalue weighted by atomic mass is 10.4. The monoisotopic (exact) mass is 202 g/mol. The molecule has 0 spiro atoms. The number of aryl methyl sites for hydroxylation is 1. The molecule has 0 unspecified atom stereocenters. The molecule has 0 radical (unpaired) electrons. The number of hydrogen-bond donors (Lipinski definition) is 1. The molecular weight excluding hydrogens is 192 g/mol. The summed E-state index contributed by atoms with van der Waals surface area (Å²) < 4.78 is 5.09. The van der Waals surface area contributed by atoms with Gasteiger partial charge in [0.2, 0.25) is 5.88 Å². The molecule has 1 rings (SSSR count). The Morgan fingerprint density at radius 2 is 2.31 bits per heavy atom. The van der Waals surface area contributed by atoms with Crippen molar-refractivity contribution in [3.63, 3.8) is 0 Å². The van der Waals surface area contributed by atoms with Gasteiger partial charge in [-0.25, -0.2) is 4.98 Å². The summed E-state index contributed by atoms with van der Waals surface area (Å²) in [6.45, 7) is 2.11. The number of aromatic nitrogens is 2. The Kier molecular flexibility index (Phi) is 3.92. The first-order valence-corrected chi connectivity index (χ1v) is 4.41. The summed E-state index contributed by atoms with van der Waals surface area (Å²) in [4.78, 5) is 8.03. The molecule has 1 heterocycles. The van der Waals surface area contributed by atoms with E-state index in [2.05, 4.69) is 9.97 Å². The van der Waals surface area contributed by atoms with Gasteiger partial charge in [0.15, 0.2) is 0 Å². The number of rotatable bonds is 4. The molecule has 1 aromatic heterocycles. The van der Waals surface area contributed by atoms with Gasteiger partial charge < -0.3 is 9.84 Å². The van der Waals surface area contributed by atoms with Gasteiger partial charge >= 0.3 is 0 Å². The van der Waals surface area contributed by atoms with Crippen LogP contribution in [0.3, 0.4) is 0 Å². The Balaban J connectivity index is 2.76. The van der Waals surface area contributed by atoms with Crippen molar-refractivity contribution in [2.75, 3.05) is 13.2 Å². The van der Waals surface area contributed by atoms with Gasteiger partial charge in [-0.2, -0.15) is 4.98 Å². The zero-order valence-corrected chi connectivity index (χ0v) is 8.08. The van der Waals surface area contributed by atoms with E-state index in [0.717, 1.165) is 0 Å². The van der Waals surface area contributed by atoms with Crippen LogP contribution in [0.25, 0.3) is 0 Å². The van der Waals surface area contributed by atoms with Gasteiger partial charge in [0, 0.05) is 12.5 Å². The summed E-state index contributed by atoms with van der Waals surface area (Å²) in [5, 5.41) is 8.88. The molecule has 0 aliphatic heterocycles. The van der Waals surface area contributed by atoms with E-state index in [0.29, 0.717) is 23.3 Å². The highest BCUT2D eigenvalue weighted by molar-refractivity contribution is 6.29. The maximum atomic E-state index is 8.52. The van der Waals surface area contributed by atoms with Crippen LogP contribution in [-0.4, -0.2) is 28.3 Å². The minimum atomic E-state index is -0.0386. The predicted molar refractivity (Wildman–Crippen MR) is 49.0 cm³/mol. The summed E-state index contributed by atoms with van der Waals surface area (Å²) in [5.74, 6) is 1.05. The minimum Gasteiger partial charge on any atom is -0.475 e. The van der Waals surface area contributed by atoms with Crippen molar-refractivity contribution in [1.29, 1.82) is 0 Å². The average molecular weight is 203 g/mol. The second-order valence-corrected chi connectivity index (χ2v) is 2.76. The summed E-state index contributed by atoms with van der Waals surface area (Å²) in [6, 6.07) is 1.52. The second-order valence-electron chi connectivity index (χ2n) is 2.37. The smallest absolute Gasteiger partial charge is 0.218 e. The zero-order valence-electron chi connectivity index (χ0n) is 7.33. The van der Waals surface area contributed by atoms with Crippen LogP contribution in [0.5, 0.6) is 5.88 Å². The van der Waals surface area contributed by atoms with Gasteiger partial charge in [-0.1, -0.05) is 18.5 Å². The van der Waals surface area contributed by atoms with Gasteiger partial charge in [-0.3, -0.25) is 0 Å². The fourth-order valence-corrected chi connectivity index (χ4v) is 1.02. The number of halogens is 1. The van der Waals surface area contributed by atoms with Gasteiger partial charge in [-0.05, 0) is 0 Å². The first-order chi connectivity index (χ1) is 6.26. The Morgan fingerprint density at radius 3 is 2.92 bits per heavy atom. The number of ether oxygens (including phenoxy) is 1. The Morgan fingerprint density at radius 1 is 1.54 bits per heavy atom. The molecule has 5 heteroatoms. The van der Waals surface area contributed by atoms with Crippen LogP contribution in [0.1, 0.15) is 12.7 Å². The van der Waals surface area contributed by atoms with Crippen molar-refractivity contribution in [3.05, 3.63) is 17.0 Å². The lowest BCUT2D eigenvalue weighted by Gasteiger charge is -2.04. The van der Waals surface area contributed by atoms with Crippen LogP contribution >= 0.6 is 11.6 Å². The molecule has 0 aliphatic carbocycles. The quantitative estimate of drug-likeness (QED) is 0.742. The van der Waals surface area contributed by atoms with E-state index in [1.807, 2.05) is 6.92 Å². The highest BCUT2D eigenvalue weighted by Crippen LogP contribution is 2.13. The molecule has 4 nitrogen and oxygen atoms in total. The van der Waals surface area contributed by atoms with Crippen LogP contribution in [0.15, 0.2) is 6.07 Å². The van der Waals surface area contributed by atoms with Crippen molar-refractivity contribution < 1.29 is 9.84 Å². The summed E-state index contributed by atoms with van der Waals surface area (Å²) >= 11 is 5.71. The Hall–Kier alpha value is -0.870. The lowest BCUT2D eigenvalue weighted by Crippen LogP contribution is -2.05. The molecule has 0 bridgehead atoms. The molecule has 0 fully saturated rings. The predicted octanol–water partition coefficient (Wildman–Crippen LogP) is 1.06. The van der Waals surface area contributed by atoms with Gasteiger partial charge in [0.05, 0.1) is 6.61 Å². The fraction of sp³-hybridized carbons (Fsp3) is 0.500. The summed E-state index contributed by atoms with van der Waals surface area (Å²) in [7, 11) is 0. The second kappa shape index (κ2) is 4.99. The van der Waals surface area contributed by atoms with E-state index in [1.54, 1.807) is 0 Å². The van der Waals surface area contributed by atoms with Crippen molar-refractivity contribution in [2.24, 2.45) is 0 Å². The molecule has 0 saturated carbocycles. The molecule has 13 heavy (non-hydrogen) atoms. The third-order valence-electron chi connectivity index (χ3n) is 1.38. The van der Waals surface area contributed by atoms with Crippen LogP contribution in [0.2, 0.25) is 5.15 Å². The first-order valence-electron chi connectivity index (χ1n) is 4.03. The standard InChI is InChI=1S/C8H11ClN2O2/c1-2-7-10-6(9)5-8(11-7)13-4-3-12/h5,12H,2-4H2,1H3. The molecule has 0 aliphatic rings. The maximum Gasteiger partial charge on any atom is 0.218 e. The SMILES string of the molecule is CCc1nc(Cl)cc(OCCO)n1. The van der Waals surface area contributed by atoms with Crippen molar-refractivity contribution >= 4 is 11.6 Å². The topological polar surface area (TPSA) is 55.2 Å². The van der Waals surface area contributed by atoms with Gasteiger partial charge in [0.25, 0.3) is 0 Å². The third-order valence-corrected chi connectivity index (χ3v) is 1.57. The maximum absolute atomic E-state index is 8.52. The summed E-state index contributed by atoms with van der Waals surface area (Å²) in [5.41, 5.74) is 0. The molecule has 0 saturated heterocycles. The highest BCUT2D eigenvalue weighted by Gasteiger charge is 2.01. The largest absolute Gasteiger partial charge is 0.475 e. The van der Waals surface area contributed by atoms with Crippen molar-refractivity contribution in [1.82, 2.24) is 9.97 Å². The fourth-order valence-electron chi connectivity index (χ4n) is 0.824. The lowest BCUT2D eigenvalue weighted by molar-refractivity contribution is 0.196. The first kappa shape index (κ1) is 10.2. The number of aliphatic hydroxyl groups is 1. The van der Waals surface area contributed by atoms with E-state index >= 15 is 0 Å². The number of nitrogens with zero attached hydrogens (tertiary/aromatic N) is 2. The molecule has 0 atom stereocenters. The Labute approximate surface area is 81.5 Å². The van der Waals surface area contributed by atoms with Crippen LogP contribution < -0.4 is 4.74 Å². The number of aliphatic hydroxyl groups excluding tert-OH is 1. The molecule has 72 valence electrons. The van der Waals surface area contributed by atoms with Gasteiger partial charge in [-0.15, -0.1) is 0 Å². The van der Waals surface area contributed by atoms with E-state index in [4.69, 9.17) is 21.4 Å². The highest BCUT2D eigenvalue weighted by atomic mass is 35.5. The zero-order chi connectivity index (χ0) is 9.68. The van der Waals surface area contributed by atoms with Crippen LogP contribution in [-0.2, 0) is 6.42 Å². The van der Waals surface area contributed by atoms with E-state index in [-0.39, 0.29) is 13.2 Å². The molecule has 1 aromatic rings. The molecule has 1 N–H and O–H groups in total. The van der Waals surface area contributed by atoms with Crippen LogP contribution in [0.4, 0.5) is 0 Å². The van der Waals surface area contributed by atoms with Crippen molar-refractivity contribution in [3.8, 4) is 5.88 Å². The molecule has 0 amide bonds. The normalized spacial score (nSPS) is 10.1. The molecular formula is C8H11ClN2O2. The molecule has 0 aromatic carbocycles. The number of hydrogen-bond acceptors (Lipinski definition) is 4. The van der Waals surface area contributed by atoms with Gasteiger partial charge in [0.1, 0.15) is 17.6 Å². The van der Waals surface area contributed by atoms with Crippen molar-refractivity contribution in [2.45, 2.75) is 13.3 Å². The Bertz CT molecular complexity index is 281. The van der Waals surface area contributed by atoms with E-state index < -0.39 is 0 Å².